The third-order valence-electron chi connectivity index (χ3n) is 3.75. The SMILES string of the molecule is CC(NC(=O)N1CCC(C)(C(=O)O)C1)c1nncn1C. The molecule has 2 N–H and O–H groups in total. The van der Waals surface area contributed by atoms with Crippen molar-refractivity contribution in [2.24, 2.45) is 12.5 Å². The number of aliphatic carboxylic acids is 1. The van der Waals surface area contributed by atoms with E-state index in [1.54, 1.807) is 24.9 Å². The summed E-state index contributed by atoms with van der Waals surface area (Å²) >= 11 is 0. The molecule has 2 heterocycles. The average molecular weight is 281 g/mol. The first-order valence-corrected chi connectivity index (χ1v) is 6.46. The molecule has 1 aliphatic rings. The average Bonchev–Trinajstić information content (AvgIpc) is 2.96. The molecule has 110 valence electrons. The number of carbonyl (C=O) groups is 2. The third kappa shape index (κ3) is 2.59. The monoisotopic (exact) mass is 281 g/mol. The van der Waals surface area contributed by atoms with Crippen LogP contribution in [0.4, 0.5) is 4.79 Å². The summed E-state index contributed by atoms with van der Waals surface area (Å²) in [5.41, 5.74) is -0.856. The van der Waals surface area contributed by atoms with Crippen LogP contribution in [0, 0.1) is 5.41 Å². The Labute approximate surface area is 116 Å². The first-order chi connectivity index (χ1) is 9.33. The number of carboxylic acids is 1. The summed E-state index contributed by atoms with van der Waals surface area (Å²) in [6, 6.07) is -0.558. The summed E-state index contributed by atoms with van der Waals surface area (Å²) in [5.74, 6) is -0.215. The Morgan fingerprint density at radius 3 is 2.75 bits per heavy atom. The molecule has 0 aliphatic carbocycles. The van der Waals surface area contributed by atoms with Crippen molar-refractivity contribution in [2.75, 3.05) is 13.1 Å². The quantitative estimate of drug-likeness (QED) is 0.834. The van der Waals surface area contributed by atoms with Crippen LogP contribution >= 0.6 is 0 Å². The number of hydrogen-bond donors (Lipinski definition) is 2. The van der Waals surface area contributed by atoms with Crippen molar-refractivity contribution in [1.29, 1.82) is 0 Å². The van der Waals surface area contributed by atoms with Gasteiger partial charge in [0.25, 0.3) is 0 Å². The molecule has 2 amide bonds. The zero-order valence-electron chi connectivity index (χ0n) is 11.8. The number of carboxylic acid groups (broad SMARTS) is 1. The minimum Gasteiger partial charge on any atom is -0.481 e. The lowest BCUT2D eigenvalue weighted by atomic mass is 9.90. The molecule has 0 saturated carbocycles. The van der Waals surface area contributed by atoms with Crippen LogP contribution in [0.25, 0.3) is 0 Å². The maximum atomic E-state index is 12.1. The van der Waals surface area contributed by atoms with Gasteiger partial charge in [0.2, 0.25) is 0 Å². The number of carbonyl (C=O) groups excluding carboxylic acids is 1. The predicted octanol–water partition coefficient (Wildman–Crippen LogP) is 0.382. The predicted molar refractivity (Wildman–Crippen MR) is 69.9 cm³/mol. The maximum absolute atomic E-state index is 12.1. The van der Waals surface area contributed by atoms with E-state index < -0.39 is 11.4 Å². The minimum absolute atomic E-state index is 0.222. The van der Waals surface area contributed by atoms with Gasteiger partial charge in [-0.25, -0.2) is 4.79 Å². The van der Waals surface area contributed by atoms with Gasteiger partial charge in [-0.05, 0) is 20.3 Å². The van der Waals surface area contributed by atoms with E-state index in [1.165, 1.54) is 4.90 Å². The molecule has 2 atom stereocenters. The highest BCUT2D eigenvalue weighted by Gasteiger charge is 2.42. The number of aryl methyl sites for hydroxylation is 1. The van der Waals surface area contributed by atoms with Crippen molar-refractivity contribution in [3.63, 3.8) is 0 Å². The number of nitrogens with one attached hydrogen (secondary N) is 1. The van der Waals surface area contributed by atoms with Crippen molar-refractivity contribution in [3.05, 3.63) is 12.2 Å². The number of urea groups is 1. The van der Waals surface area contributed by atoms with E-state index >= 15 is 0 Å². The lowest BCUT2D eigenvalue weighted by Crippen LogP contribution is -2.42. The molecule has 2 rings (SSSR count). The highest BCUT2D eigenvalue weighted by molar-refractivity contribution is 5.79. The molecule has 0 aromatic carbocycles. The molecule has 2 unspecified atom stereocenters. The normalized spacial score (nSPS) is 23.6. The van der Waals surface area contributed by atoms with Crippen LogP contribution in [0.1, 0.15) is 32.1 Å². The minimum atomic E-state index is -0.867. The lowest BCUT2D eigenvalue weighted by molar-refractivity contribution is -0.146. The first-order valence-electron chi connectivity index (χ1n) is 6.46. The number of hydrogen-bond acceptors (Lipinski definition) is 4. The van der Waals surface area contributed by atoms with E-state index in [2.05, 4.69) is 15.5 Å². The summed E-state index contributed by atoms with van der Waals surface area (Å²) in [4.78, 5) is 24.8. The number of rotatable bonds is 3. The third-order valence-corrected chi connectivity index (χ3v) is 3.75. The topological polar surface area (TPSA) is 100 Å². The van der Waals surface area contributed by atoms with E-state index in [9.17, 15) is 9.59 Å². The fourth-order valence-electron chi connectivity index (χ4n) is 2.33. The van der Waals surface area contributed by atoms with E-state index in [4.69, 9.17) is 5.11 Å². The first kappa shape index (κ1) is 14.3. The second-order valence-corrected chi connectivity index (χ2v) is 5.51. The van der Waals surface area contributed by atoms with Crippen LogP contribution in [-0.2, 0) is 11.8 Å². The summed E-state index contributed by atoms with van der Waals surface area (Å²) in [6.45, 7) is 4.14. The van der Waals surface area contributed by atoms with Gasteiger partial charge >= 0.3 is 12.0 Å². The summed E-state index contributed by atoms with van der Waals surface area (Å²) in [5, 5.41) is 19.7. The zero-order valence-corrected chi connectivity index (χ0v) is 11.8. The highest BCUT2D eigenvalue weighted by Crippen LogP contribution is 2.30. The molecular weight excluding hydrogens is 262 g/mol. The standard InChI is InChI=1S/C12H19N5O3/c1-8(9-15-13-7-16(9)3)14-11(20)17-5-4-12(2,6-17)10(18)19/h7-8H,4-6H2,1-3H3,(H,14,20)(H,18,19). The molecule has 1 aromatic rings. The van der Waals surface area contributed by atoms with E-state index in [0.717, 1.165) is 0 Å². The van der Waals surface area contributed by atoms with Crippen LogP contribution in [0.3, 0.4) is 0 Å². The van der Waals surface area contributed by atoms with Gasteiger partial charge in [0, 0.05) is 20.1 Å². The zero-order chi connectivity index (χ0) is 14.9. The van der Waals surface area contributed by atoms with E-state index in [1.807, 2.05) is 6.92 Å². The van der Waals surface area contributed by atoms with Gasteiger partial charge in [-0.3, -0.25) is 4.79 Å². The van der Waals surface area contributed by atoms with Crippen molar-refractivity contribution >= 4 is 12.0 Å². The summed E-state index contributed by atoms with van der Waals surface area (Å²) in [7, 11) is 1.80. The molecule has 1 fully saturated rings. The van der Waals surface area contributed by atoms with E-state index in [-0.39, 0.29) is 18.6 Å². The number of likely N-dealkylation sites (tertiary alicyclic amines) is 1. The fourth-order valence-corrected chi connectivity index (χ4v) is 2.33. The van der Waals surface area contributed by atoms with Gasteiger partial charge < -0.3 is 19.9 Å². The van der Waals surface area contributed by atoms with Crippen LogP contribution in [0.5, 0.6) is 0 Å². The van der Waals surface area contributed by atoms with Crippen LogP contribution < -0.4 is 5.32 Å². The molecule has 1 aromatic heterocycles. The molecular formula is C12H19N5O3. The lowest BCUT2D eigenvalue weighted by Gasteiger charge is -2.22. The van der Waals surface area contributed by atoms with Gasteiger partial charge in [-0.15, -0.1) is 10.2 Å². The van der Waals surface area contributed by atoms with Crippen molar-refractivity contribution in [3.8, 4) is 0 Å². The van der Waals surface area contributed by atoms with Crippen LogP contribution in [0.2, 0.25) is 0 Å². The second kappa shape index (κ2) is 5.10. The van der Waals surface area contributed by atoms with Crippen LogP contribution in [0.15, 0.2) is 6.33 Å². The smallest absolute Gasteiger partial charge is 0.318 e. The summed E-state index contributed by atoms with van der Waals surface area (Å²) < 4.78 is 1.73. The second-order valence-electron chi connectivity index (χ2n) is 5.51. The number of aromatic nitrogens is 3. The van der Waals surface area contributed by atoms with Gasteiger partial charge in [0.15, 0.2) is 5.82 Å². The van der Waals surface area contributed by atoms with Gasteiger partial charge in [-0.2, -0.15) is 0 Å². The molecule has 1 saturated heterocycles. The molecule has 0 spiro atoms. The van der Waals surface area contributed by atoms with Crippen LogP contribution in [-0.4, -0.2) is 49.9 Å². The van der Waals surface area contributed by atoms with Crippen molar-refractivity contribution < 1.29 is 14.7 Å². The Morgan fingerprint density at radius 2 is 2.25 bits per heavy atom. The van der Waals surface area contributed by atoms with Gasteiger partial charge in [0.05, 0.1) is 11.5 Å². The van der Waals surface area contributed by atoms with E-state index in [0.29, 0.717) is 18.8 Å². The Balaban J connectivity index is 1.97. The molecule has 0 radical (unpaired) electrons. The fraction of sp³-hybridized carbons (Fsp3) is 0.667. The van der Waals surface area contributed by atoms with Crippen molar-refractivity contribution in [1.82, 2.24) is 25.0 Å². The number of amides is 2. The largest absolute Gasteiger partial charge is 0.481 e. The Kier molecular flexibility index (Phi) is 3.65. The maximum Gasteiger partial charge on any atom is 0.318 e. The highest BCUT2D eigenvalue weighted by atomic mass is 16.4. The van der Waals surface area contributed by atoms with Crippen molar-refractivity contribution in [2.45, 2.75) is 26.3 Å². The number of nitrogens with zero attached hydrogens (tertiary/aromatic N) is 4. The Bertz CT molecular complexity index is 529. The van der Waals surface area contributed by atoms with Gasteiger partial charge in [-0.1, -0.05) is 0 Å². The molecule has 8 nitrogen and oxygen atoms in total. The Morgan fingerprint density at radius 1 is 1.55 bits per heavy atom. The molecule has 1 aliphatic heterocycles. The molecule has 8 heteroatoms. The molecule has 20 heavy (non-hydrogen) atoms. The molecule has 0 bridgehead atoms. The van der Waals surface area contributed by atoms with Gasteiger partial charge in [0.1, 0.15) is 6.33 Å². The Hall–Kier alpha value is -2.12. The summed E-state index contributed by atoms with van der Waals surface area (Å²) in [6.07, 6.45) is 2.03.